The molecule has 0 unspecified atom stereocenters. The van der Waals surface area contributed by atoms with Crippen molar-refractivity contribution in [2.75, 3.05) is 26.2 Å². The summed E-state index contributed by atoms with van der Waals surface area (Å²) in [6.07, 6.45) is 4.50. The molecule has 0 spiro atoms. The second-order valence-electron chi connectivity index (χ2n) is 8.93. The number of carbonyl (C=O) groups is 1. The summed E-state index contributed by atoms with van der Waals surface area (Å²) in [5, 5.41) is 14.4. The van der Waals surface area contributed by atoms with Crippen molar-refractivity contribution in [1.29, 1.82) is 5.26 Å². The van der Waals surface area contributed by atoms with E-state index < -0.39 is 0 Å². The van der Waals surface area contributed by atoms with E-state index in [-0.39, 0.29) is 5.91 Å². The summed E-state index contributed by atoms with van der Waals surface area (Å²) in [4.78, 5) is 17.3. The predicted octanol–water partition coefficient (Wildman–Crippen LogP) is 4.82. The molecule has 7 heteroatoms. The van der Waals surface area contributed by atoms with Gasteiger partial charge in [-0.2, -0.15) is 10.4 Å². The number of amides is 1. The molecule has 0 atom stereocenters. The van der Waals surface area contributed by atoms with E-state index >= 15 is 0 Å². The molecule has 1 saturated heterocycles. The van der Waals surface area contributed by atoms with Crippen LogP contribution in [0.1, 0.15) is 40.1 Å². The molecule has 1 aliphatic rings. The Kier molecular flexibility index (Phi) is 8.02. The Morgan fingerprint density at radius 2 is 1.83 bits per heavy atom. The normalized spacial score (nSPS) is 14.7. The van der Waals surface area contributed by atoms with Gasteiger partial charge in [0.2, 0.25) is 5.91 Å². The summed E-state index contributed by atoms with van der Waals surface area (Å²) in [5.74, 6) is 0.0304. The smallest absolute Gasteiger partial charge is 0.246 e. The predicted molar refractivity (Wildman–Crippen MR) is 139 cm³/mol. The van der Waals surface area contributed by atoms with Gasteiger partial charge in [0.05, 0.1) is 23.9 Å². The summed E-state index contributed by atoms with van der Waals surface area (Å²) in [6, 6.07) is 17.7. The lowest BCUT2D eigenvalue weighted by atomic mass is 10.1. The number of hydrogen-bond acceptors (Lipinski definition) is 4. The average Bonchev–Trinajstić information content (AvgIpc) is 3.01. The summed E-state index contributed by atoms with van der Waals surface area (Å²) in [7, 11) is 0. The fraction of sp³-hybridized carbons (Fsp3) is 0.321. The van der Waals surface area contributed by atoms with E-state index in [1.54, 1.807) is 6.08 Å². The zero-order valence-electron chi connectivity index (χ0n) is 20.2. The third kappa shape index (κ3) is 6.19. The molecule has 0 bridgehead atoms. The molecule has 1 amide bonds. The Bertz CT molecular complexity index is 1260. The highest BCUT2D eigenvalue weighted by Crippen LogP contribution is 2.20. The first-order chi connectivity index (χ1) is 16.9. The van der Waals surface area contributed by atoms with Crippen molar-refractivity contribution < 1.29 is 4.79 Å². The van der Waals surface area contributed by atoms with Gasteiger partial charge < -0.3 is 4.90 Å². The maximum absolute atomic E-state index is 13.0. The zero-order valence-corrected chi connectivity index (χ0v) is 21.0. The number of benzene rings is 2. The van der Waals surface area contributed by atoms with E-state index in [9.17, 15) is 4.79 Å². The highest BCUT2D eigenvalue weighted by atomic mass is 35.5. The zero-order chi connectivity index (χ0) is 24.8. The van der Waals surface area contributed by atoms with Crippen molar-refractivity contribution in [2.24, 2.45) is 0 Å². The second kappa shape index (κ2) is 11.4. The molecular formula is C28H30ClN5O. The lowest BCUT2D eigenvalue weighted by Gasteiger charge is -2.21. The monoisotopic (exact) mass is 487 g/mol. The van der Waals surface area contributed by atoms with Crippen LogP contribution in [0.5, 0.6) is 0 Å². The van der Waals surface area contributed by atoms with Crippen molar-refractivity contribution in [2.45, 2.75) is 33.4 Å². The van der Waals surface area contributed by atoms with Crippen molar-refractivity contribution in [1.82, 2.24) is 19.6 Å². The number of aromatic nitrogens is 2. The standard InChI is InChI=1S/C28H30ClN5O/c1-21-26(22(2)34(31-21)20-25-6-3-4-7-27(25)29)12-13-28(35)33-15-5-14-32(16-17-33)19-24-10-8-23(18-30)9-11-24/h3-4,6-13H,5,14-17,19-20H2,1-2H3/b13-12+. The molecule has 4 rings (SSSR count). The fourth-order valence-electron chi connectivity index (χ4n) is 4.45. The van der Waals surface area contributed by atoms with Gasteiger partial charge in [-0.25, -0.2) is 0 Å². The quantitative estimate of drug-likeness (QED) is 0.467. The summed E-state index contributed by atoms with van der Waals surface area (Å²) in [6.45, 7) is 8.62. The first-order valence-electron chi connectivity index (χ1n) is 11.9. The molecular weight excluding hydrogens is 458 g/mol. The Hall–Kier alpha value is -3.40. The molecule has 0 aliphatic carbocycles. The number of nitriles is 1. The van der Waals surface area contributed by atoms with Crippen LogP contribution < -0.4 is 0 Å². The van der Waals surface area contributed by atoms with Crippen LogP contribution in [0.3, 0.4) is 0 Å². The Labute approximate surface area is 212 Å². The minimum absolute atomic E-state index is 0.0304. The van der Waals surface area contributed by atoms with Gasteiger partial charge in [0.25, 0.3) is 0 Å². The van der Waals surface area contributed by atoms with Gasteiger partial charge >= 0.3 is 0 Å². The third-order valence-electron chi connectivity index (χ3n) is 6.50. The summed E-state index contributed by atoms with van der Waals surface area (Å²) >= 11 is 6.32. The van der Waals surface area contributed by atoms with Crippen LogP contribution in [0.25, 0.3) is 6.08 Å². The van der Waals surface area contributed by atoms with Crippen LogP contribution in [0, 0.1) is 25.2 Å². The van der Waals surface area contributed by atoms with Crippen LogP contribution in [0.15, 0.2) is 54.6 Å². The lowest BCUT2D eigenvalue weighted by molar-refractivity contribution is -0.125. The number of halogens is 1. The summed E-state index contributed by atoms with van der Waals surface area (Å²) < 4.78 is 1.94. The van der Waals surface area contributed by atoms with Crippen molar-refractivity contribution >= 4 is 23.6 Å². The SMILES string of the molecule is Cc1nn(Cc2ccccc2Cl)c(C)c1/C=C/C(=O)N1CCCN(Cc2ccc(C#N)cc2)CC1. The van der Waals surface area contributed by atoms with Crippen LogP contribution in [-0.4, -0.2) is 51.7 Å². The Morgan fingerprint density at radius 3 is 2.57 bits per heavy atom. The minimum atomic E-state index is 0.0304. The highest BCUT2D eigenvalue weighted by Gasteiger charge is 2.18. The maximum Gasteiger partial charge on any atom is 0.246 e. The first kappa shape index (κ1) is 24.7. The molecule has 3 aromatic rings. The van der Waals surface area contributed by atoms with Gasteiger partial charge in [0.1, 0.15) is 0 Å². The van der Waals surface area contributed by atoms with E-state index in [2.05, 4.69) is 16.1 Å². The molecule has 0 N–H and O–H groups in total. The van der Waals surface area contributed by atoms with Crippen molar-refractivity contribution in [3.63, 3.8) is 0 Å². The highest BCUT2D eigenvalue weighted by molar-refractivity contribution is 6.31. The molecule has 1 fully saturated rings. The van der Waals surface area contributed by atoms with E-state index in [4.69, 9.17) is 16.9 Å². The Morgan fingerprint density at radius 1 is 1.06 bits per heavy atom. The second-order valence-corrected chi connectivity index (χ2v) is 9.34. The molecule has 0 radical (unpaired) electrons. The third-order valence-corrected chi connectivity index (χ3v) is 6.87. The van der Waals surface area contributed by atoms with Gasteiger partial charge in [-0.05, 0) is 55.7 Å². The van der Waals surface area contributed by atoms with E-state index in [0.717, 1.165) is 60.1 Å². The van der Waals surface area contributed by atoms with E-state index in [1.807, 2.05) is 78.0 Å². The van der Waals surface area contributed by atoms with Crippen LogP contribution in [0.4, 0.5) is 0 Å². The number of hydrogen-bond donors (Lipinski definition) is 0. The van der Waals surface area contributed by atoms with Gasteiger partial charge in [-0.1, -0.05) is 41.9 Å². The van der Waals surface area contributed by atoms with Gasteiger partial charge in [-0.15, -0.1) is 0 Å². The molecule has 2 heterocycles. The molecule has 180 valence electrons. The van der Waals surface area contributed by atoms with Gasteiger partial charge in [-0.3, -0.25) is 14.4 Å². The molecule has 1 aliphatic heterocycles. The van der Waals surface area contributed by atoms with Gasteiger partial charge in [0, 0.05) is 55.1 Å². The number of rotatable bonds is 6. The molecule has 0 saturated carbocycles. The topological polar surface area (TPSA) is 65.2 Å². The van der Waals surface area contributed by atoms with E-state index in [0.29, 0.717) is 18.7 Å². The van der Waals surface area contributed by atoms with Crippen LogP contribution in [0.2, 0.25) is 5.02 Å². The van der Waals surface area contributed by atoms with Crippen LogP contribution >= 0.6 is 11.6 Å². The lowest BCUT2D eigenvalue weighted by Crippen LogP contribution is -2.34. The van der Waals surface area contributed by atoms with E-state index in [1.165, 1.54) is 5.56 Å². The number of nitrogens with zero attached hydrogens (tertiary/aromatic N) is 5. The molecule has 35 heavy (non-hydrogen) atoms. The first-order valence-corrected chi connectivity index (χ1v) is 12.3. The summed E-state index contributed by atoms with van der Waals surface area (Å²) in [5.41, 5.74) is 5.75. The average molecular weight is 488 g/mol. The number of aryl methyl sites for hydroxylation is 1. The fourth-order valence-corrected chi connectivity index (χ4v) is 4.64. The molecule has 6 nitrogen and oxygen atoms in total. The van der Waals surface area contributed by atoms with Crippen molar-refractivity contribution in [3.8, 4) is 6.07 Å². The Balaban J connectivity index is 1.36. The van der Waals surface area contributed by atoms with Gasteiger partial charge in [0.15, 0.2) is 0 Å². The van der Waals surface area contributed by atoms with Crippen molar-refractivity contribution in [3.05, 3.63) is 93.3 Å². The molecule has 1 aromatic heterocycles. The maximum atomic E-state index is 13.0. The minimum Gasteiger partial charge on any atom is -0.338 e. The number of carbonyl (C=O) groups excluding carboxylic acids is 1. The van der Waals surface area contributed by atoms with Crippen LogP contribution in [-0.2, 0) is 17.9 Å². The molecule has 2 aromatic carbocycles. The largest absolute Gasteiger partial charge is 0.338 e.